The lowest BCUT2D eigenvalue weighted by atomic mass is 10.3. The van der Waals surface area contributed by atoms with Crippen molar-refractivity contribution in [1.29, 1.82) is 0 Å². The standard InChI is InChI=1S/C17H8O10S2/c1-3-4-5-6-7-8-9-16(19)25-17-14(24-12(2)18)10-13(29(21,22)23)11-15(17)28-27-26-20/h1,10-11,20H,2H3,(H,21,22,23). The van der Waals surface area contributed by atoms with Gasteiger partial charge in [0, 0.05) is 18.9 Å². The van der Waals surface area contributed by atoms with E-state index in [4.69, 9.17) is 21.2 Å². The Hall–Kier alpha value is -3.46. The van der Waals surface area contributed by atoms with Crippen LogP contribution in [0, 0.1) is 47.9 Å². The van der Waals surface area contributed by atoms with E-state index in [9.17, 15) is 22.6 Å². The van der Waals surface area contributed by atoms with Crippen LogP contribution in [-0.2, 0) is 29.1 Å². The SMILES string of the molecule is C#CC#CC#CC#CC(=O)Oc1c(OC(C)=O)cc(S(=O)(=O)O)cc1SOOO. The van der Waals surface area contributed by atoms with Gasteiger partial charge in [-0.1, -0.05) is 5.04 Å². The minimum Gasteiger partial charge on any atom is -0.423 e. The number of terminal acetylenes is 1. The van der Waals surface area contributed by atoms with Crippen LogP contribution in [0.5, 0.6) is 11.5 Å². The number of hydrogen-bond acceptors (Lipinski definition) is 10. The van der Waals surface area contributed by atoms with Gasteiger partial charge in [0.05, 0.1) is 21.8 Å². The highest BCUT2D eigenvalue weighted by Gasteiger charge is 2.23. The fourth-order valence-electron chi connectivity index (χ4n) is 1.48. The smallest absolute Gasteiger partial charge is 0.390 e. The molecule has 0 atom stereocenters. The van der Waals surface area contributed by atoms with Gasteiger partial charge in [-0.15, -0.1) is 10.8 Å². The predicted octanol–water partition coefficient (Wildman–Crippen LogP) is 0.836. The second-order valence-electron chi connectivity index (χ2n) is 4.33. The molecule has 0 heterocycles. The van der Waals surface area contributed by atoms with Gasteiger partial charge in [0.2, 0.25) is 0 Å². The second kappa shape index (κ2) is 11.4. The Morgan fingerprint density at radius 2 is 1.76 bits per heavy atom. The average molecular weight is 436 g/mol. The molecular formula is C17H8O10S2. The largest absolute Gasteiger partial charge is 0.423 e. The zero-order valence-electron chi connectivity index (χ0n) is 14.2. The van der Waals surface area contributed by atoms with Gasteiger partial charge in [-0.3, -0.25) is 9.35 Å². The van der Waals surface area contributed by atoms with Crippen LogP contribution in [0.2, 0.25) is 0 Å². The van der Waals surface area contributed by atoms with Crippen molar-refractivity contribution < 1.29 is 46.7 Å². The third-order valence-corrected chi connectivity index (χ3v) is 3.82. The lowest BCUT2D eigenvalue weighted by Gasteiger charge is -2.13. The number of carbonyl (C=O) groups is 2. The Morgan fingerprint density at radius 3 is 2.34 bits per heavy atom. The minimum absolute atomic E-state index is 0.168. The van der Waals surface area contributed by atoms with Crippen LogP contribution in [0.25, 0.3) is 0 Å². The summed E-state index contributed by atoms with van der Waals surface area (Å²) in [7, 11) is -4.76. The first kappa shape index (κ1) is 23.6. The molecule has 0 bridgehead atoms. The minimum atomic E-state index is -4.76. The third-order valence-electron chi connectivity index (χ3n) is 2.38. The van der Waals surface area contributed by atoms with Crippen molar-refractivity contribution in [3.8, 4) is 59.4 Å². The Morgan fingerprint density at radius 1 is 1.10 bits per heavy atom. The first-order valence-electron chi connectivity index (χ1n) is 6.86. The van der Waals surface area contributed by atoms with E-state index in [-0.39, 0.29) is 16.9 Å². The molecule has 1 aromatic carbocycles. The first-order chi connectivity index (χ1) is 13.7. The van der Waals surface area contributed by atoms with Crippen LogP contribution in [0.15, 0.2) is 21.9 Å². The molecule has 148 valence electrons. The van der Waals surface area contributed by atoms with Crippen molar-refractivity contribution in [3.63, 3.8) is 0 Å². The molecule has 0 fully saturated rings. The summed E-state index contributed by atoms with van der Waals surface area (Å²) in [6.45, 7) is 0.985. The van der Waals surface area contributed by atoms with Gasteiger partial charge < -0.3 is 9.47 Å². The Bertz CT molecular complexity index is 1140. The molecule has 0 saturated carbocycles. The van der Waals surface area contributed by atoms with Crippen LogP contribution in [-0.4, -0.2) is 30.2 Å². The quantitative estimate of drug-likeness (QED) is 0.0956. The molecule has 0 aliphatic carbocycles. The molecule has 0 aliphatic heterocycles. The zero-order valence-corrected chi connectivity index (χ0v) is 15.8. The van der Waals surface area contributed by atoms with Crippen molar-refractivity contribution in [2.24, 2.45) is 0 Å². The van der Waals surface area contributed by atoms with E-state index in [1.807, 2.05) is 11.8 Å². The molecule has 0 radical (unpaired) electrons. The van der Waals surface area contributed by atoms with Crippen molar-refractivity contribution in [3.05, 3.63) is 12.1 Å². The molecule has 0 aliphatic rings. The van der Waals surface area contributed by atoms with E-state index in [0.29, 0.717) is 6.07 Å². The maximum atomic E-state index is 11.9. The summed E-state index contributed by atoms with van der Waals surface area (Å²) in [5.74, 6) is 11.8. The number of hydrogen-bond donors (Lipinski definition) is 2. The Labute approximate surface area is 169 Å². The van der Waals surface area contributed by atoms with Gasteiger partial charge in [0.15, 0.2) is 11.5 Å². The van der Waals surface area contributed by atoms with Gasteiger partial charge in [-0.05, 0) is 41.6 Å². The maximum Gasteiger partial charge on any atom is 0.390 e. The highest BCUT2D eigenvalue weighted by Crippen LogP contribution is 2.41. The van der Waals surface area contributed by atoms with Gasteiger partial charge >= 0.3 is 11.9 Å². The fraction of sp³-hybridized carbons (Fsp3) is 0.0588. The molecule has 29 heavy (non-hydrogen) atoms. The van der Waals surface area contributed by atoms with E-state index in [2.05, 4.69) is 39.0 Å². The molecular weight excluding hydrogens is 428 g/mol. The van der Waals surface area contributed by atoms with Gasteiger partial charge in [0.25, 0.3) is 10.1 Å². The normalized spacial score (nSPS) is 9.31. The topological polar surface area (TPSA) is 146 Å². The summed E-state index contributed by atoms with van der Waals surface area (Å²) in [6, 6.07) is 1.50. The fourth-order valence-corrected chi connectivity index (χ4v) is 2.57. The van der Waals surface area contributed by atoms with Crippen LogP contribution in [0.4, 0.5) is 0 Å². The summed E-state index contributed by atoms with van der Waals surface area (Å²) < 4.78 is 45.9. The summed E-state index contributed by atoms with van der Waals surface area (Å²) in [4.78, 5) is 22.1. The van der Waals surface area contributed by atoms with Gasteiger partial charge in [-0.2, -0.15) is 8.42 Å². The third kappa shape index (κ3) is 8.39. The molecule has 2 N–H and O–H groups in total. The molecule has 1 aromatic rings. The van der Waals surface area contributed by atoms with Crippen molar-refractivity contribution >= 4 is 34.1 Å². The van der Waals surface area contributed by atoms with Crippen molar-refractivity contribution in [1.82, 2.24) is 0 Å². The van der Waals surface area contributed by atoms with Gasteiger partial charge in [0.1, 0.15) is 0 Å². The first-order valence-corrected chi connectivity index (χ1v) is 9.04. The monoisotopic (exact) mass is 436 g/mol. The molecule has 10 nitrogen and oxygen atoms in total. The highest BCUT2D eigenvalue weighted by molar-refractivity contribution is 7.94. The van der Waals surface area contributed by atoms with E-state index in [0.717, 1.165) is 13.0 Å². The maximum absolute atomic E-state index is 11.9. The molecule has 12 heteroatoms. The number of rotatable bonds is 6. The van der Waals surface area contributed by atoms with Crippen molar-refractivity contribution in [2.45, 2.75) is 16.7 Å². The molecule has 0 amide bonds. The van der Waals surface area contributed by atoms with E-state index in [1.54, 1.807) is 0 Å². The molecule has 0 aromatic heterocycles. The molecule has 0 unspecified atom stereocenters. The second-order valence-corrected chi connectivity index (χ2v) is 6.49. The number of carbonyl (C=O) groups excluding carboxylic acids is 2. The molecule has 0 saturated heterocycles. The number of ether oxygens (including phenoxy) is 2. The molecule has 0 spiro atoms. The Balaban J connectivity index is 3.38. The summed E-state index contributed by atoms with van der Waals surface area (Å²) >= 11 is 0.168. The lowest BCUT2D eigenvalue weighted by Crippen LogP contribution is -2.11. The predicted molar refractivity (Wildman–Crippen MR) is 96.0 cm³/mol. The van der Waals surface area contributed by atoms with E-state index < -0.39 is 38.5 Å². The summed E-state index contributed by atoms with van der Waals surface area (Å²) in [5.41, 5.74) is 0. The summed E-state index contributed by atoms with van der Waals surface area (Å²) in [6.07, 6.45) is 4.88. The number of esters is 2. The number of benzene rings is 1. The molecule has 1 rings (SSSR count). The van der Waals surface area contributed by atoms with E-state index in [1.165, 1.54) is 0 Å². The van der Waals surface area contributed by atoms with Crippen LogP contribution >= 0.6 is 12.0 Å². The summed E-state index contributed by atoms with van der Waals surface area (Å²) in [5, 5.41) is 11.7. The lowest BCUT2D eigenvalue weighted by molar-refractivity contribution is -0.432. The Kier molecular flexibility index (Phi) is 9.27. The average Bonchev–Trinajstić information content (AvgIpc) is 2.63. The van der Waals surface area contributed by atoms with Crippen LogP contribution in [0.1, 0.15) is 6.92 Å². The highest BCUT2D eigenvalue weighted by atomic mass is 32.2. The van der Waals surface area contributed by atoms with Crippen LogP contribution in [0.3, 0.4) is 0 Å². The van der Waals surface area contributed by atoms with Gasteiger partial charge in [-0.25, -0.2) is 10.1 Å². The van der Waals surface area contributed by atoms with E-state index >= 15 is 0 Å². The zero-order chi connectivity index (χ0) is 21.9. The van der Waals surface area contributed by atoms with Crippen molar-refractivity contribution in [2.75, 3.05) is 0 Å². The van der Waals surface area contributed by atoms with Crippen LogP contribution < -0.4 is 9.47 Å².